The molecule has 3 aromatic rings. The molecule has 0 aliphatic heterocycles. The van der Waals surface area contributed by atoms with Crippen LogP contribution in [0, 0.1) is 0 Å². The first-order valence-corrected chi connectivity index (χ1v) is 9.65. The molecule has 5 nitrogen and oxygen atoms in total. The summed E-state index contributed by atoms with van der Waals surface area (Å²) in [6.45, 7) is 7.15. The lowest BCUT2D eigenvalue weighted by molar-refractivity contribution is 0.161. The van der Waals surface area contributed by atoms with Crippen LogP contribution in [0.5, 0.6) is 5.75 Å². The van der Waals surface area contributed by atoms with Crippen LogP contribution in [0.1, 0.15) is 44.4 Å². The first-order chi connectivity index (χ1) is 13.4. The normalized spacial score (nSPS) is 12.9. The largest absolute Gasteiger partial charge is 0.489 e. The molecule has 0 fully saturated rings. The van der Waals surface area contributed by atoms with Gasteiger partial charge in [-0.3, -0.25) is 4.79 Å². The number of aliphatic hydroxyl groups is 1. The van der Waals surface area contributed by atoms with Crippen molar-refractivity contribution in [3.63, 3.8) is 0 Å². The number of ether oxygens (including phenoxy) is 1. The molecule has 0 amide bonds. The Morgan fingerprint density at radius 1 is 1.14 bits per heavy atom. The number of hydrogen-bond donors (Lipinski definition) is 3. The van der Waals surface area contributed by atoms with Crippen molar-refractivity contribution in [3.8, 4) is 5.75 Å². The van der Waals surface area contributed by atoms with E-state index in [-0.39, 0.29) is 11.1 Å². The fourth-order valence-electron chi connectivity index (χ4n) is 2.98. The van der Waals surface area contributed by atoms with Gasteiger partial charge in [-0.1, -0.05) is 37.3 Å². The third-order valence-electron chi connectivity index (χ3n) is 5.11. The fraction of sp³-hybridized carbons (Fsp3) is 0.348. The third kappa shape index (κ3) is 5.00. The minimum atomic E-state index is -0.723. The van der Waals surface area contributed by atoms with E-state index in [2.05, 4.69) is 31.1 Å². The fourth-order valence-corrected chi connectivity index (χ4v) is 2.98. The van der Waals surface area contributed by atoms with Crippen molar-refractivity contribution in [2.24, 2.45) is 0 Å². The van der Waals surface area contributed by atoms with Gasteiger partial charge in [0.05, 0.1) is 11.6 Å². The molecule has 148 valence electrons. The predicted molar refractivity (Wildman–Crippen MR) is 113 cm³/mol. The van der Waals surface area contributed by atoms with Crippen LogP contribution >= 0.6 is 0 Å². The standard InChI is InChI=1S/C23H28N2O3/c1-4-23(2,3)24-14-21(26)19-12-17(28-15-16-8-6-5-7-9-16)13-20-18(19)10-11-22(27)25-20/h5-13,21,24,26H,4,14-15H2,1-3H3,(H,25,27). The first-order valence-electron chi connectivity index (χ1n) is 9.65. The topological polar surface area (TPSA) is 74.3 Å². The zero-order valence-electron chi connectivity index (χ0n) is 16.7. The van der Waals surface area contributed by atoms with Crippen molar-refractivity contribution < 1.29 is 9.84 Å². The number of hydrogen-bond acceptors (Lipinski definition) is 4. The van der Waals surface area contributed by atoms with Crippen LogP contribution in [-0.2, 0) is 6.61 Å². The number of β-amino-alcohol motifs (C(OH)–C–C–N with tert-alkyl or cyclic N) is 1. The summed E-state index contributed by atoms with van der Waals surface area (Å²) in [6.07, 6.45) is 0.230. The molecule has 0 saturated heterocycles. The molecule has 5 heteroatoms. The molecule has 0 bridgehead atoms. The molecule has 0 saturated carbocycles. The lowest BCUT2D eigenvalue weighted by Crippen LogP contribution is -2.40. The second kappa shape index (κ2) is 8.59. The number of fused-ring (bicyclic) bond motifs is 1. The third-order valence-corrected chi connectivity index (χ3v) is 5.11. The zero-order chi connectivity index (χ0) is 20.1. The Morgan fingerprint density at radius 2 is 1.89 bits per heavy atom. The summed E-state index contributed by atoms with van der Waals surface area (Å²) in [4.78, 5) is 14.6. The summed E-state index contributed by atoms with van der Waals surface area (Å²) in [7, 11) is 0. The molecular weight excluding hydrogens is 352 g/mol. The molecular formula is C23H28N2O3. The SMILES string of the molecule is CCC(C)(C)NCC(O)c1cc(OCc2ccccc2)cc2[nH]c(=O)ccc12. The molecule has 1 heterocycles. The Bertz CT molecular complexity index is 980. The maximum atomic E-state index is 11.8. The molecule has 3 rings (SSSR count). The Hall–Kier alpha value is -2.63. The van der Waals surface area contributed by atoms with E-state index >= 15 is 0 Å². The van der Waals surface area contributed by atoms with Crippen molar-refractivity contribution in [1.82, 2.24) is 10.3 Å². The van der Waals surface area contributed by atoms with Gasteiger partial charge in [-0.25, -0.2) is 0 Å². The number of nitrogens with one attached hydrogen (secondary N) is 2. The van der Waals surface area contributed by atoms with Gasteiger partial charge in [0.15, 0.2) is 0 Å². The Balaban J connectivity index is 1.89. The molecule has 28 heavy (non-hydrogen) atoms. The molecule has 0 aliphatic carbocycles. The second-order valence-corrected chi connectivity index (χ2v) is 7.70. The highest BCUT2D eigenvalue weighted by molar-refractivity contribution is 5.84. The molecule has 0 radical (unpaired) electrons. The van der Waals surface area contributed by atoms with E-state index in [1.54, 1.807) is 12.1 Å². The van der Waals surface area contributed by atoms with Crippen molar-refractivity contribution in [3.05, 3.63) is 76.1 Å². The lowest BCUT2D eigenvalue weighted by Gasteiger charge is -2.27. The summed E-state index contributed by atoms with van der Waals surface area (Å²) in [5.41, 5.74) is 2.20. The highest BCUT2D eigenvalue weighted by Crippen LogP contribution is 2.29. The van der Waals surface area contributed by atoms with Gasteiger partial charge in [0.25, 0.3) is 0 Å². The Kier molecular flexibility index (Phi) is 6.17. The summed E-state index contributed by atoms with van der Waals surface area (Å²) < 4.78 is 5.94. The van der Waals surface area contributed by atoms with Gasteiger partial charge in [0.2, 0.25) is 5.56 Å². The average molecular weight is 380 g/mol. The van der Waals surface area contributed by atoms with E-state index in [0.29, 0.717) is 24.4 Å². The van der Waals surface area contributed by atoms with Crippen LogP contribution in [0.2, 0.25) is 0 Å². The summed E-state index contributed by atoms with van der Waals surface area (Å²) in [6, 6.07) is 16.8. The molecule has 1 aromatic heterocycles. The number of aromatic amines is 1. The Labute approximate surface area is 165 Å². The number of aliphatic hydroxyl groups excluding tert-OH is 1. The van der Waals surface area contributed by atoms with Crippen LogP contribution in [-0.4, -0.2) is 22.2 Å². The van der Waals surface area contributed by atoms with Gasteiger partial charge in [0, 0.05) is 29.6 Å². The summed E-state index contributed by atoms with van der Waals surface area (Å²) in [5.74, 6) is 0.613. The van der Waals surface area contributed by atoms with Gasteiger partial charge < -0.3 is 20.1 Å². The van der Waals surface area contributed by atoms with Gasteiger partial charge in [-0.2, -0.15) is 0 Å². The maximum Gasteiger partial charge on any atom is 0.248 e. The van der Waals surface area contributed by atoms with Crippen LogP contribution in [0.15, 0.2) is 59.4 Å². The minimum absolute atomic E-state index is 0.0630. The maximum absolute atomic E-state index is 11.8. The number of aromatic nitrogens is 1. The van der Waals surface area contributed by atoms with E-state index in [9.17, 15) is 9.90 Å². The second-order valence-electron chi connectivity index (χ2n) is 7.70. The Morgan fingerprint density at radius 3 is 2.61 bits per heavy atom. The number of pyridine rings is 1. The first kappa shape index (κ1) is 20.1. The number of benzene rings is 2. The highest BCUT2D eigenvalue weighted by Gasteiger charge is 2.19. The van der Waals surface area contributed by atoms with Crippen LogP contribution in [0.25, 0.3) is 10.9 Å². The molecule has 0 spiro atoms. The summed E-state index contributed by atoms with van der Waals surface area (Å²) in [5, 5.41) is 15.1. The quantitative estimate of drug-likeness (QED) is 0.554. The average Bonchev–Trinajstić information content (AvgIpc) is 2.70. The molecule has 0 aliphatic rings. The van der Waals surface area contributed by atoms with Crippen molar-refractivity contribution in [2.75, 3.05) is 6.54 Å². The van der Waals surface area contributed by atoms with Crippen LogP contribution in [0.3, 0.4) is 0 Å². The minimum Gasteiger partial charge on any atom is -0.489 e. The van der Waals surface area contributed by atoms with Gasteiger partial charge in [-0.05, 0) is 43.5 Å². The zero-order valence-corrected chi connectivity index (χ0v) is 16.7. The van der Waals surface area contributed by atoms with Gasteiger partial charge in [-0.15, -0.1) is 0 Å². The smallest absolute Gasteiger partial charge is 0.248 e. The van der Waals surface area contributed by atoms with Gasteiger partial charge >= 0.3 is 0 Å². The van der Waals surface area contributed by atoms with Crippen molar-refractivity contribution in [1.29, 1.82) is 0 Å². The van der Waals surface area contributed by atoms with E-state index < -0.39 is 6.10 Å². The van der Waals surface area contributed by atoms with E-state index in [4.69, 9.17) is 4.74 Å². The summed E-state index contributed by atoms with van der Waals surface area (Å²) >= 11 is 0. The molecule has 3 N–H and O–H groups in total. The van der Waals surface area contributed by atoms with E-state index in [0.717, 1.165) is 22.9 Å². The van der Waals surface area contributed by atoms with E-state index in [1.165, 1.54) is 6.07 Å². The molecule has 2 aromatic carbocycles. The monoisotopic (exact) mass is 380 g/mol. The van der Waals surface area contributed by atoms with Crippen molar-refractivity contribution >= 4 is 10.9 Å². The number of H-pyrrole nitrogens is 1. The van der Waals surface area contributed by atoms with Crippen LogP contribution < -0.4 is 15.6 Å². The van der Waals surface area contributed by atoms with E-state index in [1.807, 2.05) is 36.4 Å². The number of rotatable bonds is 8. The highest BCUT2D eigenvalue weighted by atomic mass is 16.5. The molecule has 1 atom stereocenters. The van der Waals surface area contributed by atoms with Crippen LogP contribution in [0.4, 0.5) is 0 Å². The van der Waals surface area contributed by atoms with Gasteiger partial charge in [0.1, 0.15) is 12.4 Å². The predicted octanol–water partition coefficient (Wildman–Crippen LogP) is 3.92. The molecule has 1 unspecified atom stereocenters. The van der Waals surface area contributed by atoms with Crippen molar-refractivity contribution in [2.45, 2.75) is 45.4 Å². The lowest BCUT2D eigenvalue weighted by atomic mass is 9.99.